The molecule has 0 radical (unpaired) electrons. The number of hydrogen-bond acceptors (Lipinski definition) is 2. The van der Waals surface area contributed by atoms with Gasteiger partial charge < -0.3 is 9.84 Å². The van der Waals surface area contributed by atoms with E-state index in [-0.39, 0.29) is 11.6 Å². The maximum absolute atomic E-state index is 13.3. The standard InChI is InChI=1S/C15H14F2O2/c1-19-15-9-11(4-7-13(15)17)14(18)8-10-2-5-12(16)6-3-10/h2-7,9,14,18H,8H2,1H3. The topological polar surface area (TPSA) is 29.5 Å². The van der Waals surface area contributed by atoms with Crippen molar-refractivity contribution in [3.8, 4) is 5.75 Å². The zero-order valence-electron chi connectivity index (χ0n) is 10.4. The molecule has 0 saturated carbocycles. The molecule has 2 aromatic carbocycles. The van der Waals surface area contributed by atoms with Gasteiger partial charge in [0.05, 0.1) is 13.2 Å². The Morgan fingerprint density at radius 2 is 1.79 bits per heavy atom. The summed E-state index contributed by atoms with van der Waals surface area (Å²) in [5, 5.41) is 10.1. The van der Waals surface area contributed by atoms with Crippen LogP contribution in [0, 0.1) is 11.6 Å². The molecule has 0 aromatic heterocycles. The summed E-state index contributed by atoms with van der Waals surface area (Å²) in [7, 11) is 1.37. The number of aliphatic hydroxyl groups excluding tert-OH is 1. The number of aliphatic hydroxyl groups is 1. The molecule has 19 heavy (non-hydrogen) atoms. The third-order valence-corrected chi connectivity index (χ3v) is 2.90. The zero-order valence-corrected chi connectivity index (χ0v) is 10.4. The number of ether oxygens (including phenoxy) is 1. The molecule has 0 bridgehead atoms. The Morgan fingerprint density at radius 1 is 1.11 bits per heavy atom. The second-order valence-electron chi connectivity index (χ2n) is 4.24. The van der Waals surface area contributed by atoms with Crippen LogP contribution in [0.15, 0.2) is 42.5 Å². The van der Waals surface area contributed by atoms with Crippen molar-refractivity contribution in [2.75, 3.05) is 7.11 Å². The second kappa shape index (κ2) is 5.80. The van der Waals surface area contributed by atoms with Crippen molar-refractivity contribution in [1.29, 1.82) is 0 Å². The first kappa shape index (κ1) is 13.5. The van der Waals surface area contributed by atoms with Gasteiger partial charge in [-0.05, 0) is 35.4 Å². The minimum Gasteiger partial charge on any atom is -0.494 e. The molecule has 0 fully saturated rings. The highest BCUT2D eigenvalue weighted by molar-refractivity contribution is 5.32. The first-order valence-corrected chi connectivity index (χ1v) is 5.86. The smallest absolute Gasteiger partial charge is 0.165 e. The van der Waals surface area contributed by atoms with E-state index < -0.39 is 11.9 Å². The maximum Gasteiger partial charge on any atom is 0.165 e. The van der Waals surface area contributed by atoms with Crippen LogP contribution in [0.5, 0.6) is 5.75 Å². The highest BCUT2D eigenvalue weighted by Gasteiger charge is 2.12. The molecule has 100 valence electrons. The van der Waals surface area contributed by atoms with Crippen LogP contribution in [-0.4, -0.2) is 12.2 Å². The molecule has 2 aromatic rings. The van der Waals surface area contributed by atoms with Crippen molar-refractivity contribution in [2.45, 2.75) is 12.5 Å². The lowest BCUT2D eigenvalue weighted by Crippen LogP contribution is -2.03. The molecule has 0 spiro atoms. The van der Waals surface area contributed by atoms with Crippen molar-refractivity contribution >= 4 is 0 Å². The van der Waals surface area contributed by atoms with Crippen LogP contribution in [-0.2, 0) is 6.42 Å². The van der Waals surface area contributed by atoms with E-state index in [1.54, 1.807) is 12.1 Å². The van der Waals surface area contributed by atoms with E-state index in [0.717, 1.165) is 5.56 Å². The van der Waals surface area contributed by atoms with E-state index in [9.17, 15) is 13.9 Å². The zero-order chi connectivity index (χ0) is 13.8. The van der Waals surface area contributed by atoms with Crippen LogP contribution in [0.1, 0.15) is 17.2 Å². The third-order valence-electron chi connectivity index (χ3n) is 2.90. The van der Waals surface area contributed by atoms with Crippen LogP contribution in [0.2, 0.25) is 0 Å². The van der Waals surface area contributed by atoms with Gasteiger partial charge in [-0.15, -0.1) is 0 Å². The average Bonchev–Trinajstić information content (AvgIpc) is 2.42. The van der Waals surface area contributed by atoms with Gasteiger partial charge in [0.2, 0.25) is 0 Å². The molecule has 0 heterocycles. The van der Waals surface area contributed by atoms with Crippen molar-refractivity contribution in [3.63, 3.8) is 0 Å². The van der Waals surface area contributed by atoms with Crippen LogP contribution in [0.3, 0.4) is 0 Å². The minimum atomic E-state index is -0.792. The Balaban J connectivity index is 2.15. The Labute approximate surface area is 110 Å². The van der Waals surface area contributed by atoms with E-state index in [0.29, 0.717) is 12.0 Å². The Hall–Kier alpha value is -1.94. The summed E-state index contributed by atoms with van der Waals surface area (Å²) in [5.74, 6) is -0.697. The molecule has 2 nitrogen and oxygen atoms in total. The van der Waals surface area contributed by atoms with E-state index in [1.807, 2.05) is 0 Å². The van der Waals surface area contributed by atoms with E-state index in [4.69, 9.17) is 4.74 Å². The van der Waals surface area contributed by atoms with Crippen molar-refractivity contribution < 1.29 is 18.6 Å². The first-order chi connectivity index (χ1) is 9.10. The van der Waals surface area contributed by atoms with Gasteiger partial charge in [-0.25, -0.2) is 8.78 Å². The van der Waals surface area contributed by atoms with Gasteiger partial charge in [-0.3, -0.25) is 0 Å². The summed E-state index contributed by atoms with van der Waals surface area (Å²) in [6, 6.07) is 10.1. The highest BCUT2D eigenvalue weighted by atomic mass is 19.1. The Morgan fingerprint density at radius 3 is 2.42 bits per heavy atom. The summed E-state index contributed by atoms with van der Waals surface area (Å²) >= 11 is 0. The molecular formula is C15H14F2O2. The predicted molar refractivity (Wildman–Crippen MR) is 68.0 cm³/mol. The van der Waals surface area contributed by atoms with Gasteiger partial charge in [0, 0.05) is 6.42 Å². The fourth-order valence-electron chi connectivity index (χ4n) is 1.85. The average molecular weight is 264 g/mol. The highest BCUT2D eigenvalue weighted by Crippen LogP contribution is 2.24. The number of benzene rings is 2. The summed E-state index contributed by atoms with van der Waals surface area (Å²) in [6.45, 7) is 0. The monoisotopic (exact) mass is 264 g/mol. The maximum atomic E-state index is 13.3. The van der Waals surface area contributed by atoms with E-state index >= 15 is 0 Å². The lowest BCUT2D eigenvalue weighted by Gasteiger charge is -2.12. The first-order valence-electron chi connectivity index (χ1n) is 5.86. The van der Waals surface area contributed by atoms with Crippen molar-refractivity contribution in [2.24, 2.45) is 0 Å². The second-order valence-corrected chi connectivity index (χ2v) is 4.24. The van der Waals surface area contributed by atoms with Crippen LogP contribution in [0.25, 0.3) is 0 Å². The molecule has 1 atom stereocenters. The Bertz CT molecular complexity index is 553. The van der Waals surface area contributed by atoms with Crippen LogP contribution in [0.4, 0.5) is 8.78 Å². The fourth-order valence-corrected chi connectivity index (χ4v) is 1.85. The molecule has 0 amide bonds. The predicted octanol–water partition coefficient (Wildman–Crippen LogP) is 3.25. The largest absolute Gasteiger partial charge is 0.494 e. The van der Waals surface area contributed by atoms with Gasteiger partial charge in [0.1, 0.15) is 5.82 Å². The quantitative estimate of drug-likeness (QED) is 0.918. The molecule has 1 unspecified atom stereocenters. The molecule has 0 aliphatic rings. The van der Waals surface area contributed by atoms with Crippen LogP contribution >= 0.6 is 0 Å². The molecule has 0 saturated heterocycles. The van der Waals surface area contributed by atoms with Crippen molar-refractivity contribution in [3.05, 3.63) is 65.2 Å². The fraction of sp³-hybridized carbons (Fsp3) is 0.200. The number of methoxy groups -OCH3 is 1. The summed E-state index contributed by atoms with van der Waals surface area (Å²) in [5.41, 5.74) is 1.36. The van der Waals surface area contributed by atoms with Gasteiger partial charge >= 0.3 is 0 Å². The molecular weight excluding hydrogens is 250 g/mol. The molecule has 2 rings (SSSR count). The van der Waals surface area contributed by atoms with E-state index in [2.05, 4.69) is 0 Å². The molecule has 0 aliphatic carbocycles. The number of rotatable bonds is 4. The molecule has 4 heteroatoms. The molecule has 0 aliphatic heterocycles. The number of halogens is 2. The van der Waals surface area contributed by atoms with Gasteiger partial charge in [-0.1, -0.05) is 18.2 Å². The minimum absolute atomic E-state index is 0.0932. The SMILES string of the molecule is COc1cc(C(O)Cc2ccc(F)cc2)ccc1F. The molecule has 1 N–H and O–H groups in total. The van der Waals surface area contributed by atoms with Gasteiger partial charge in [0.25, 0.3) is 0 Å². The lowest BCUT2D eigenvalue weighted by molar-refractivity contribution is 0.178. The van der Waals surface area contributed by atoms with E-state index in [1.165, 1.54) is 37.4 Å². The summed E-state index contributed by atoms with van der Waals surface area (Å²) in [6.07, 6.45) is -0.463. The number of hydrogen-bond donors (Lipinski definition) is 1. The summed E-state index contributed by atoms with van der Waals surface area (Å²) < 4.78 is 30.9. The third kappa shape index (κ3) is 3.29. The lowest BCUT2D eigenvalue weighted by atomic mass is 10.0. The summed E-state index contributed by atoms with van der Waals surface area (Å²) in [4.78, 5) is 0. The van der Waals surface area contributed by atoms with Gasteiger partial charge in [-0.2, -0.15) is 0 Å². The van der Waals surface area contributed by atoms with Gasteiger partial charge in [0.15, 0.2) is 11.6 Å². The Kier molecular flexibility index (Phi) is 4.12. The van der Waals surface area contributed by atoms with Crippen molar-refractivity contribution in [1.82, 2.24) is 0 Å². The van der Waals surface area contributed by atoms with Crippen LogP contribution < -0.4 is 4.74 Å². The normalized spacial score (nSPS) is 12.2.